The number of carbonyl (C=O) groups excluding carboxylic acids is 1. The Bertz CT molecular complexity index is 1040. The fourth-order valence-corrected chi connectivity index (χ4v) is 2.94. The van der Waals surface area contributed by atoms with Crippen LogP contribution in [0.5, 0.6) is 0 Å². The molecule has 0 spiro atoms. The molecule has 3 aromatic rings. The highest BCUT2D eigenvalue weighted by atomic mass is 16.4. The van der Waals surface area contributed by atoms with E-state index in [0.717, 1.165) is 11.0 Å². The van der Waals surface area contributed by atoms with E-state index in [1.54, 1.807) is 0 Å². The standard InChI is InChI=1S/C18H15N5O3/c1-2-23-15-11(7-10(8-19-15)17(25)26)12(16(23)24)9-20-18-21-13-5-3-4-6-14(13)22-18/h3-9H,2H2,1H3,(H,25,26)(H2,20,21,22). The number of carbonyl (C=O) groups is 2. The normalized spacial score (nSPS) is 14.9. The number of aromatic nitrogens is 3. The average molecular weight is 349 g/mol. The van der Waals surface area contributed by atoms with Crippen LogP contribution >= 0.6 is 0 Å². The van der Waals surface area contributed by atoms with Gasteiger partial charge in [0, 0.05) is 24.5 Å². The number of hydrogen-bond donors (Lipinski definition) is 3. The van der Waals surface area contributed by atoms with Crippen molar-refractivity contribution in [1.29, 1.82) is 0 Å². The van der Waals surface area contributed by atoms with Crippen molar-refractivity contribution in [2.45, 2.75) is 6.92 Å². The Morgan fingerprint density at radius 1 is 1.38 bits per heavy atom. The van der Waals surface area contributed by atoms with Gasteiger partial charge in [-0.3, -0.25) is 9.69 Å². The van der Waals surface area contributed by atoms with Gasteiger partial charge < -0.3 is 15.4 Å². The third-order valence-electron chi connectivity index (χ3n) is 4.19. The first-order valence-corrected chi connectivity index (χ1v) is 8.05. The second-order valence-corrected chi connectivity index (χ2v) is 5.75. The van der Waals surface area contributed by atoms with Gasteiger partial charge in [-0.2, -0.15) is 0 Å². The van der Waals surface area contributed by atoms with Crippen LogP contribution in [-0.2, 0) is 4.79 Å². The number of para-hydroxylation sites is 2. The summed E-state index contributed by atoms with van der Waals surface area (Å²) in [6.07, 6.45) is 2.79. The van der Waals surface area contributed by atoms with Gasteiger partial charge >= 0.3 is 5.97 Å². The number of aromatic carboxylic acids is 1. The Kier molecular flexibility index (Phi) is 3.65. The van der Waals surface area contributed by atoms with E-state index in [2.05, 4.69) is 20.3 Å². The molecule has 1 aromatic carbocycles. The second-order valence-electron chi connectivity index (χ2n) is 5.75. The molecule has 8 heteroatoms. The Morgan fingerprint density at radius 2 is 2.19 bits per heavy atom. The van der Waals surface area contributed by atoms with E-state index in [0.29, 0.717) is 29.4 Å². The number of carboxylic acid groups (broad SMARTS) is 1. The zero-order valence-corrected chi connectivity index (χ0v) is 13.9. The topological polar surface area (TPSA) is 111 Å². The number of carboxylic acids is 1. The van der Waals surface area contributed by atoms with Crippen molar-refractivity contribution in [3.8, 4) is 0 Å². The van der Waals surface area contributed by atoms with Gasteiger partial charge in [-0.25, -0.2) is 14.8 Å². The smallest absolute Gasteiger partial charge is 0.337 e. The predicted molar refractivity (Wildman–Crippen MR) is 96.9 cm³/mol. The number of H-pyrrole nitrogens is 1. The zero-order valence-electron chi connectivity index (χ0n) is 13.9. The lowest BCUT2D eigenvalue weighted by Gasteiger charge is -2.12. The summed E-state index contributed by atoms with van der Waals surface area (Å²) in [4.78, 5) is 37.1. The Hall–Kier alpha value is -3.68. The Morgan fingerprint density at radius 3 is 2.92 bits per heavy atom. The first-order chi connectivity index (χ1) is 12.6. The third kappa shape index (κ3) is 2.48. The van der Waals surface area contributed by atoms with E-state index in [-0.39, 0.29) is 11.5 Å². The van der Waals surface area contributed by atoms with E-state index in [9.17, 15) is 14.7 Å². The number of hydrogen-bond acceptors (Lipinski definition) is 5. The number of likely N-dealkylation sites (N-methyl/N-ethyl adjacent to an activating group) is 1. The minimum Gasteiger partial charge on any atom is -0.478 e. The van der Waals surface area contributed by atoms with Crippen LogP contribution in [0.3, 0.4) is 0 Å². The van der Waals surface area contributed by atoms with E-state index in [4.69, 9.17) is 0 Å². The van der Waals surface area contributed by atoms with Crippen LogP contribution in [0.1, 0.15) is 22.8 Å². The number of nitrogens with one attached hydrogen (secondary N) is 2. The number of fused-ring (bicyclic) bond motifs is 2. The van der Waals surface area contributed by atoms with Crippen molar-refractivity contribution in [2.24, 2.45) is 0 Å². The maximum atomic E-state index is 12.7. The van der Waals surface area contributed by atoms with Crippen molar-refractivity contribution in [1.82, 2.24) is 15.0 Å². The maximum absolute atomic E-state index is 12.7. The zero-order chi connectivity index (χ0) is 18.3. The molecule has 1 amide bonds. The average Bonchev–Trinajstić information content (AvgIpc) is 3.16. The van der Waals surface area contributed by atoms with Crippen LogP contribution in [-0.4, -0.2) is 38.5 Å². The molecule has 3 N–H and O–H groups in total. The van der Waals surface area contributed by atoms with Gasteiger partial charge in [-0.1, -0.05) is 12.1 Å². The van der Waals surface area contributed by atoms with Crippen LogP contribution in [0.4, 0.5) is 11.8 Å². The summed E-state index contributed by atoms with van der Waals surface area (Å²) in [7, 11) is 0. The lowest BCUT2D eigenvalue weighted by atomic mass is 10.1. The van der Waals surface area contributed by atoms with E-state index < -0.39 is 5.97 Å². The minimum atomic E-state index is -1.09. The van der Waals surface area contributed by atoms with Gasteiger partial charge in [-0.05, 0) is 25.1 Å². The largest absolute Gasteiger partial charge is 0.478 e. The number of imidazole rings is 1. The highest BCUT2D eigenvalue weighted by Crippen LogP contribution is 2.35. The molecule has 0 fully saturated rings. The molecule has 1 aliphatic heterocycles. The minimum absolute atomic E-state index is 0.0316. The van der Waals surface area contributed by atoms with E-state index in [1.807, 2.05) is 31.2 Å². The number of anilines is 2. The fraction of sp³-hybridized carbons (Fsp3) is 0.111. The van der Waals surface area contributed by atoms with Gasteiger partial charge in [0.1, 0.15) is 5.82 Å². The maximum Gasteiger partial charge on any atom is 0.337 e. The lowest BCUT2D eigenvalue weighted by Crippen LogP contribution is -2.26. The summed E-state index contributed by atoms with van der Waals surface area (Å²) in [5, 5.41) is 12.2. The van der Waals surface area contributed by atoms with Crippen molar-refractivity contribution in [3.63, 3.8) is 0 Å². The van der Waals surface area contributed by atoms with Crippen molar-refractivity contribution < 1.29 is 14.7 Å². The van der Waals surface area contributed by atoms with Crippen molar-refractivity contribution >= 4 is 40.2 Å². The molecule has 0 atom stereocenters. The molecule has 0 saturated carbocycles. The van der Waals surface area contributed by atoms with Crippen LogP contribution in [0, 0.1) is 0 Å². The first-order valence-electron chi connectivity index (χ1n) is 8.05. The predicted octanol–water partition coefficient (Wildman–Crippen LogP) is 2.48. The van der Waals surface area contributed by atoms with Gasteiger partial charge in [0.2, 0.25) is 5.95 Å². The molecule has 0 radical (unpaired) electrons. The molecule has 0 bridgehead atoms. The van der Waals surface area contributed by atoms with Gasteiger partial charge in [-0.15, -0.1) is 0 Å². The molecule has 2 aromatic heterocycles. The monoisotopic (exact) mass is 349 g/mol. The van der Waals surface area contributed by atoms with Crippen LogP contribution < -0.4 is 10.2 Å². The lowest BCUT2D eigenvalue weighted by molar-refractivity contribution is -0.113. The molecule has 0 saturated heterocycles. The van der Waals surface area contributed by atoms with E-state index in [1.165, 1.54) is 23.4 Å². The number of amides is 1. The highest BCUT2D eigenvalue weighted by Gasteiger charge is 2.33. The first kappa shape index (κ1) is 15.8. The molecule has 0 unspecified atom stereocenters. The SMILES string of the molecule is CCN1C(=O)C(=CNc2nc3ccccc3[nH]2)c2cc(C(=O)O)cnc21. The fourth-order valence-electron chi connectivity index (χ4n) is 2.94. The summed E-state index contributed by atoms with van der Waals surface area (Å²) >= 11 is 0. The van der Waals surface area contributed by atoms with Gasteiger partial charge in [0.15, 0.2) is 0 Å². The van der Waals surface area contributed by atoms with Crippen molar-refractivity contribution in [2.75, 3.05) is 16.8 Å². The molecule has 4 rings (SSSR count). The summed E-state index contributed by atoms with van der Waals surface area (Å²) in [6, 6.07) is 9.03. The molecule has 0 aliphatic carbocycles. The molecule has 130 valence electrons. The molecule has 8 nitrogen and oxygen atoms in total. The highest BCUT2D eigenvalue weighted by molar-refractivity contribution is 6.32. The summed E-state index contributed by atoms with van der Waals surface area (Å²) in [5.74, 6) is -0.376. The molecular weight excluding hydrogens is 334 g/mol. The number of pyridine rings is 1. The van der Waals surface area contributed by atoms with Crippen molar-refractivity contribution in [3.05, 3.63) is 53.9 Å². The second kappa shape index (κ2) is 5.99. The number of aromatic amines is 1. The van der Waals surface area contributed by atoms with Crippen LogP contribution in [0.2, 0.25) is 0 Å². The molecule has 26 heavy (non-hydrogen) atoms. The number of benzene rings is 1. The Balaban J connectivity index is 1.73. The summed E-state index contributed by atoms with van der Waals surface area (Å²) in [5.41, 5.74) is 2.54. The van der Waals surface area contributed by atoms with Gasteiger partial charge in [0.25, 0.3) is 5.91 Å². The van der Waals surface area contributed by atoms with E-state index >= 15 is 0 Å². The van der Waals surface area contributed by atoms with Crippen LogP contribution in [0.15, 0.2) is 42.7 Å². The molecular formula is C18H15N5O3. The third-order valence-corrected chi connectivity index (χ3v) is 4.19. The molecule has 1 aliphatic rings. The number of nitrogens with zero attached hydrogens (tertiary/aromatic N) is 3. The Labute approximate surface area is 148 Å². The quantitative estimate of drug-likeness (QED) is 0.624. The summed E-state index contributed by atoms with van der Waals surface area (Å²) in [6.45, 7) is 2.28. The van der Waals surface area contributed by atoms with Crippen LogP contribution in [0.25, 0.3) is 16.6 Å². The van der Waals surface area contributed by atoms with Gasteiger partial charge in [0.05, 0.1) is 22.2 Å². The summed E-state index contributed by atoms with van der Waals surface area (Å²) < 4.78 is 0. The molecule has 3 heterocycles. The number of rotatable bonds is 4.